The van der Waals surface area contributed by atoms with Crippen LogP contribution in [0.25, 0.3) is 0 Å². The SMILES string of the molecule is O=C1C2CNCCN2CCN1Cc1cccnc1. The van der Waals surface area contributed by atoms with Gasteiger partial charge in [0, 0.05) is 51.7 Å². The average Bonchev–Trinajstić information content (AvgIpc) is 2.43. The highest BCUT2D eigenvalue weighted by Crippen LogP contribution is 2.15. The van der Waals surface area contributed by atoms with Crippen LogP contribution in [0.1, 0.15) is 5.56 Å². The standard InChI is InChI=1S/C13H18N4O/c18-13-12-9-15-4-5-16(12)6-7-17(13)10-11-2-1-3-14-8-11/h1-3,8,12,15H,4-7,9-10H2. The monoisotopic (exact) mass is 246 g/mol. The van der Waals surface area contributed by atoms with Crippen LogP contribution >= 0.6 is 0 Å². The van der Waals surface area contributed by atoms with Gasteiger partial charge in [0.25, 0.3) is 0 Å². The summed E-state index contributed by atoms with van der Waals surface area (Å²) in [6.45, 7) is 5.24. The van der Waals surface area contributed by atoms with Gasteiger partial charge in [-0.15, -0.1) is 0 Å². The summed E-state index contributed by atoms with van der Waals surface area (Å²) in [4.78, 5) is 20.7. The second kappa shape index (κ2) is 5.04. The summed E-state index contributed by atoms with van der Waals surface area (Å²) in [5.74, 6) is 0.248. The topological polar surface area (TPSA) is 48.5 Å². The number of nitrogens with zero attached hydrogens (tertiary/aromatic N) is 3. The Hall–Kier alpha value is -1.46. The molecule has 0 radical (unpaired) electrons. The Kier molecular flexibility index (Phi) is 3.25. The first-order valence-corrected chi connectivity index (χ1v) is 6.47. The lowest BCUT2D eigenvalue weighted by atomic mass is 10.1. The molecule has 5 nitrogen and oxygen atoms in total. The molecule has 2 saturated heterocycles. The lowest BCUT2D eigenvalue weighted by Crippen LogP contribution is -2.63. The van der Waals surface area contributed by atoms with Crippen molar-refractivity contribution < 1.29 is 4.79 Å². The minimum atomic E-state index is 0.0316. The van der Waals surface area contributed by atoms with E-state index >= 15 is 0 Å². The van der Waals surface area contributed by atoms with Crippen molar-refractivity contribution in [2.45, 2.75) is 12.6 Å². The Morgan fingerprint density at radius 1 is 1.39 bits per heavy atom. The molecule has 0 saturated carbocycles. The maximum absolute atomic E-state index is 12.4. The summed E-state index contributed by atoms with van der Waals surface area (Å²) in [6, 6.07) is 3.97. The fraction of sp³-hybridized carbons (Fsp3) is 0.538. The molecule has 18 heavy (non-hydrogen) atoms. The molecule has 1 aromatic heterocycles. The predicted octanol–water partition coefficient (Wildman–Crippen LogP) is -0.302. The average molecular weight is 246 g/mol. The van der Waals surface area contributed by atoms with E-state index in [-0.39, 0.29) is 11.9 Å². The van der Waals surface area contributed by atoms with Gasteiger partial charge >= 0.3 is 0 Å². The first-order valence-electron chi connectivity index (χ1n) is 6.47. The second-order valence-electron chi connectivity index (χ2n) is 4.88. The van der Waals surface area contributed by atoms with Crippen LogP contribution in [0.5, 0.6) is 0 Å². The number of nitrogens with one attached hydrogen (secondary N) is 1. The highest BCUT2D eigenvalue weighted by Gasteiger charge is 2.35. The third-order valence-electron chi connectivity index (χ3n) is 3.70. The fourth-order valence-corrected chi connectivity index (χ4v) is 2.70. The van der Waals surface area contributed by atoms with Crippen molar-refractivity contribution in [2.75, 3.05) is 32.7 Å². The van der Waals surface area contributed by atoms with Crippen molar-refractivity contribution in [3.8, 4) is 0 Å². The molecule has 0 aliphatic carbocycles. The molecule has 0 aromatic carbocycles. The maximum atomic E-state index is 12.4. The Morgan fingerprint density at radius 3 is 3.17 bits per heavy atom. The maximum Gasteiger partial charge on any atom is 0.241 e. The molecular weight excluding hydrogens is 228 g/mol. The van der Waals surface area contributed by atoms with E-state index < -0.39 is 0 Å². The number of fused-ring (bicyclic) bond motifs is 1. The van der Waals surface area contributed by atoms with Gasteiger partial charge in [0.1, 0.15) is 6.04 Å². The molecule has 3 rings (SSSR count). The summed E-state index contributed by atoms with van der Waals surface area (Å²) in [6.07, 6.45) is 3.59. The van der Waals surface area contributed by atoms with Gasteiger partial charge in [0.15, 0.2) is 0 Å². The van der Waals surface area contributed by atoms with E-state index in [0.717, 1.165) is 38.3 Å². The van der Waals surface area contributed by atoms with E-state index in [9.17, 15) is 4.79 Å². The summed E-state index contributed by atoms with van der Waals surface area (Å²) < 4.78 is 0. The van der Waals surface area contributed by atoms with Gasteiger partial charge in [0.05, 0.1) is 0 Å². The van der Waals surface area contributed by atoms with E-state index in [1.54, 1.807) is 6.20 Å². The first-order chi connectivity index (χ1) is 8.84. The van der Waals surface area contributed by atoms with Crippen molar-refractivity contribution in [3.63, 3.8) is 0 Å². The lowest BCUT2D eigenvalue weighted by molar-refractivity contribution is -0.143. The molecule has 2 aliphatic rings. The molecule has 96 valence electrons. The van der Waals surface area contributed by atoms with Crippen LogP contribution in [0.15, 0.2) is 24.5 Å². The zero-order valence-electron chi connectivity index (χ0n) is 10.4. The second-order valence-corrected chi connectivity index (χ2v) is 4.88. The third kappa shape index (κ3) is 2.23. The van der Waals surface area contributed by atoms with Gasteiger partial charge < -0.3 is 10.2 Å². The number of rotatable bonds is 2. The molecular formula is C13H18N4O. The van der Waals surface area contributed by atoms with E-state index in [4.69, 9.17) is 0 Å². The zero-order valence-corrected chi connectivity index (χ0v) is 10.4. The molecule has 5 heteroatoms. The normalized spacial score (nSPS) is 25.0. The molecule has 1 unspecified atom stereocenters. The zero-order chi connectivity index (χ0) is 12.4. The Bertz CT molecular complexity index is 422. The van der Waals surface area contributed by atoms with Crippen LogP contribution in [0.2, 0.25) is 0 Å². The smallest absolute Gasteiger partial charge is 0.241 e. The van der Waals surface area contributed by atoms with Gasteiger partial charge in [-0.1, -0.05) is 6.07 Å². The third-order valence-corrected chi connectivity index (χ3v) is 3.70. The van der Waals surface area contributed by atoms with Crippen molar-refractivity contribution in [1.29, 1.82) is 0 Å². The Labute approximate surface area is 107 Å². The molecule has 1 aromatic rings. The number of piperazine rings is 2. The molecule has 2 fully saturated rings. The van der Waals surface area contributed by atoms with Crippen molar-refractivity contribution >= 4 is 5.91 Å². The molecule has 0 bridgehead atoms. The number of aromatic nitrogens is 1. The van der Waals surface area contributed by atoms with Crippen LogP contribution in [0, 0.1) is 0 Å². The number of hydrogen-bond acceptors (Lipinski definition) is 4. The van der Waals surface area contributed by atoms with E-state index in [1.807, 2.05) is 23.2 Å². The van der Waals surface area contributed by atoms with Gasteiger partial charge in [-0.25, -0.2) is 0 Å². The van der Waals surface area contributed by atoms with Gasteiger partial charge in [-0.3, -0.25) is 14.7 Å². The first kappa shape index (κ1) is 11.6. The minimum absolute atomic E-state index is 0.0316. The fourth-order valence-electron chi connectivity index (χ4n) is 2.70. The summed E-state index contributed by atoms with van der Waals surface area (Å²) in [5.41, 5.74) is 1.10. The number of hydrogen-bond donors (Lipinski definition) is 1. The Balaban J connectivity index is 1.69. The summed E-state index contributed by atoms with van der Waals surface area (Å²) >= 11 is 0. The molecule has 0 spiro atoms. The number of pyridine rings is 1. The summed E-state index contributed by atoms with van der Waals surface area (Å²) in [7, 11) is 0. The van der Waals surface area contributed by atoms with Gasteiger partial charge in [0.2, 0.25) is 5.91 Å². The van der Waals surface area contributed by atoms with Gasteiger partial charge in [-0.05, 0) is 11.6 Å². The van der Waals surface area contributed by atoms with Crippen LogP contribution in [0.3, 0.4) is 0 Å². The highest BCUT2D eigenvalue weighted by atomic mass is 16.2. The van der Waals surface area contributed by atoms with E-state index in [0.29, 0.717) is 6.54 Å². The highest BCUT2D eigenvalue weighted by molar-refractivity contribution is 5.83. The van der Waals surface area contributed by atoms with Gasteiger partial charge in [-0.2, -0.15) is 0 Å². The van der Waals surface area contributed by atoms with Crippen molar-refractivity contribution in [3.05, 3.63) is 30.1 Å². The molecule has 1 amide bonds. The van der Waals surface area contributed by atoms with Crippen molar-refractivity contribution in [1.82, 2.24) is 20.1 Å². The predicted molar refractivity (Wildman–Crippen MR) is 67.9 cm³/mol. The van der Waals surface area contributed by atoms with Crippen LogP contribution in [-0.4, -0.2) is 59.5 Å². The van der Waals surface area contributed by atoms with Crippen LogP contribution in [-0.2, 0) is 11.3 Å². The Morgan fingerprint density at radius 2 is 2.33 bits per heavy atom. The molecule has 1 N–H and O–H groups in total. The molecule has 3 heterocycles. The number of carbonyl (C=O) groups excluding carboxylic acids is 1. The largest absolute Gasteiger partial charge is 0.336 e. The number of carbonyl (C=O) groups is 1. The minimum Gasteiger partial charge on any atom is -0.336 e. The van der Waals surface area contributed by atoms with E-state index in [1.165, 1.54) is 0 Å². The van der Waals surface area contributed by atoms with Crippen molar-refractivity contribution in [2.24, 2.45) is 0 Å². The molecule has 2 aliphatic heterocycles. The quantitative estimate of drug-likeness (QED) is 0.778. The molecule has 1 atom stereocenters. The van der Waals surface area contributed by atoms with Crippen LogP contribution < -0.4 is 5.32 Å². The lowest BCUT2D eigenvalue weighted by Gasteiger charge is -2.43. The number of amides is 1. The van der Waals surface area contributed by atoms with E-state index in [2.05, 4.69) is 15.2 Å². The van der Waals surface area contributed by atoms with Crippen LogP contribution in [0.4, 0.5) is 0 Å². The summed E-state index contributed by atoms with van der Waals surface area (Å²) in [5, 5.41) is 3.30.